The summed E-state index contributed by atoms with van der Waals surface area (Å²) in [6, 6.07) is 8.15. The molecule has 0 radical (unpaired) electrons. The number of hydroxylamine groups is 1. The number of nitrogens with zero attached hydrogens (tertiary/aromatic N) is 1. The summed E-state index contributed by atoms with van der Waals surface area (Å²) in [4.78, 5) is 8.91. The SMILES string of the molecule is C=CC.C=CCCC1=NC(c2cc(C(F)(F)F)cc(C(F)(F)F)c2)NO1.CC.CCCCc1c(C(C)C)cccc1C(C)C. The van der Waals surface area contributed by atoms with Crippen LogP contribution in [-0.2, 0) is 23.6 Å². The fourth-order valence-corrected chi connectivity index (χ4v) is 4.29. The predicted octanol–water partition coefficient (Wildman–Crippen LogP) is 12.1. The minimum absolute atomic E-state index is 0.0711. The Morgan fingerprint density at radius 2 is 1.36 bits per heavy atom. The first-order chi connectivity index (χ1) is 20.6. The van der Waals surface area contributed by atoms with E-state index in [1.807, 2.05) is 20.8 Å². The van der Waals surface area contributed by atoms with Crippen LogP contribution in [0.2, 0.25) is 0 Å². The second kappa shape index (κ2) is 20.1. The van der Waals surface area contributed by atoms with Crippen LogP contribution in [0.25, 0.3) is 0 Å². The molecule has 2 aromatic rings. The Kier molecular flexibility index (Phi) is 18.7. The van der Waals surface area contributed by atoms with Gasteiger partial charge in [-0.05, 0) is 78.5 Å². The Morgan fingerprint density at radius 3 is 1.75 bits per heavy atom. The molecule has 44 heavy (non-hydrogen) atoms. The molecule has 3 rings (SSSR count). The lowest BCUT2D eigenvalue weighted by atomic mass is 9.86. The Bertz CT molecular complexity index is 1110. The van der Waals surface area contributed by atoms with Gasteiger partial charge in [-0.3, -0.25) is 0 Å². The summed E-state index contributed by atoms with van der Waals surface area (Å²) in [6.07, 6.45) is -2.88. The van der Waals surface area contributed by atoms with Crippen LogP contribution >= 0.6 is 0 Å². The van der Waals surface area contributed by atoms with Crippen molar-refractivity contribution in [3.63, 3.8) is 0 Å². The van der Waals surface area contributed by atoms with Crippen molar-refractivity contribution in [1.82, 2.24) is 5.48 Å². The number of nitrogens with one attached hydrogen (secondary N) is 1. The summed E-state index contributed by atoms with van der Waals surface area (Å²) < 4.78 is 76.8. The number of hydrogen-bond acceptors (Lipinski definition) is 3. The Morgan fingerprint density at radius 1 is 0.886 bits per heavy atom. The molecule has 3 nitrogen and oxygen atoms in total. The number of unbranched alkanes of at least 4 members (excludes halogenated alkanes) is 1. The number of allylic oxidation sites excluding steroid dienone is 2. The van der Waals surface area contributed by atoms with Gasteiger partial charge in [-0.25, -0.2) is 4.99 Å². The lowest BCUT2D eigenvalue weighted by Crippen LogP contribution is -2.17. The van der Waals surface area contributed by atoms with Crippen molar-refractivity contribution in [2.75, 3.05) is 0 Å². The van der Waals surface area contributed by atoms with Crippen molar-refractivity contribution < 1.29 is 31.2 Å². The van der Waals surface area contributed by atoms with Crippen LogP contribution in [0.3, 0.4) is 0 Å². The first-order valence-electron chi connectivity index (χ1n) is 15.2. The summed E-state index contributed by atoms with van der Waals surface area (Å²) >= 11 is 0. The minimum atomic E-state index is -4.90. The van der Waals surface area contributed by atoms with Crippen molar-refractivity contribution in [2.45, 2.75) is 118 Å². The molecule has 9 heteroatoms. The molecular formula is C35H50F6N2O. The third kappa shape index (κ3) is 13.7. The van der Waals surface area contributed by atoms with Crippen molar-refractivity contribution in [1.29, 1.82) is 0 Å². The van der Waals surface area contributed by atoms with E-state index in [0.29, 0.717) is 36.8 Å². The summed E-state index contributed by atoms with van der Waals surface area (Å²) in [5.74, 6) is 1.48. The van der Waals surface area contributed by atoms with Gasteiger partial charge in [0.2, 0.25) is 5.90 Å². The number of hydrogen-bond donors (Lipinski definition) is 1. The zero-order valence-corrected chi connectivity index (χ0v) is 27.4. The first-order valence-corrected chi connectivity index (χ1v) is 15.2. The molecule has 0 saturated carbocycles. The number of rotatable bonds is 9. The summed E-state index contributed by atoms with van der Waals surface area (Å²) in [5.41, 5.74) is 3.99. The number of alkyl halides is 6. The summed E-state index contributed by atoms with van der Waals surface area (Å²) in [7, 11) is 0. The van der Waals surface area contributed by atoms with Gasteiger partial charge in [0.1, 0.15) is 0 Å². The largest absolute Gasteiger partial charge is 0.416 e. The predicted molar refractivity (Wildman–Crippen MR) is 171 cm³/mol. The molecule has 1 unspecified atom stereocenters. The monoisotopic (exact) mass is 628 g/mol. The molecule has 1 aliphatic rings. The normalized spacial score (nSPS) is 14.3. The lowest BCUT2D eigenvalue weighted by Gasteiger charge is -2.19. The third-order valence-corrected chi connectivity index (χ3v) is 6.32. The fraction of sp³-hybridized carbons (Fsp3) is 0.514. The second-order valence-corrected chi connectivity index (χ2v) is 10.5. The van der Waals surface area contributed by atoms with Gasteiger partial charge in [-0.1, -0.05) is 85.2 Å². The second-order valence-electron chi connectivity index (χ2n) is 10.5. The van der Waals surface area contributed by atoms with E-state index >= 15 is 0 Å². The van der Waals surface area contributed by atoms with E-state index in [0.717, 1.165) is 0 Å². The van der Waals surface area contributed by atoms with Crippen LogP contribution in [0.5, 0.6) is 0 Å². The molecule has 1 aliphatic heterocycles. The van der Waals surface area contributed by atoms with E-state index in [1.165, 1.54) is 19.3 Å². The van der Waals surface area contributed by atoms with E-state index in [1.54, 1.807) is 28.8 Å². The smallest absolute Gasteiger partial charge is 0.391 e. The quantitative estimate of drug-likeness (QED) is 0.221. The highest BCUT2D eigenvalue weighted by molar-refractivity contribution is 5.77. The van der Waals surface area contributed by atoms with Crippen LogP contribution in [0, 0.1) is 0 Å². The molecule has 0 aromatic heterocycles. The van der Waals surface area contributed by atoms with E-state index in [4.69, 9.17) is 4.84 Å². The average Bonchev–Trinajstić information content (AvgIpc) is 3.44. The highest BCUT2D eigenvalue weighted by Crippen LogP contribution is 2.38. The fourth-order valence-electron chi connectivity index (χ4n) is 4.29. The Labute approximate surface area is 260 Å². The maximum atomic E-state index is 12.8. The maximum Gasteiger partial charge on any atom is 0.416 e. The molecule has 248 valence electrons. The minimum Gasteiger partial charge on any atom is -0.391 e. The molecule has 0 fully saturated rings. The number of aliphatic imine (C=N–C) groups is 1. The van der Waals surface area contributed by atoms with Gasteiger partial charge in [0.25, 0.3) is 0 Å². The van der Waals surface area contributed by atoms with E-state index < -0.39 is 29.6 Å². The van der Waals surface area contributed by atoms with Crippen LogP contribution in [0.15, 0.2) is 66.7 Å². The zero-order chi connectivity index (χ0) is 34.1. The van der Waals surface area contributed by atoms with Gasteiger partial charge >= 0.3 is 12.4 Å². The topological polar surface area (TPSA) is 33.6 Å². The van der Waals surface area contributed by atoms with E-state index in [2.05, 4.69) is 76.4 Å². The molecular weight excluding hydrogens is 578 g/mol. The van der Waals surface area contributed by atoms with Gasteiger partial charge in [-0.15, -0.1) is 18.6 Å². The van der Waals surface area contributed by atoms with Gasteiger partial charge in [-0.2, -0.15) is 26.3 Å². The van der Waals surface area contributed by atoms with Crippen LogP contribution in [-0.4, -0.2) is 5.90 Å². The standard InChI is InChI=1S/C16H26.C14H12F6N2O.C3H6.C2H6/c1-6-7-9-16-14(12(2)3)10-8-11-15(16)13(4)5;1-2-3-4-11-21-12(22-23-11)8-5-9(13(15,16)17)7-10(6-8)14(18,19)20;1-3-2;1-2/h8,10-13H,6-7,9H2,1-5H3;2,5-7,12,22H,1,3-4H2;3H,1H2,2H3;1-2H3. The molecule has 2 aromatic carbocycles. The van der Waals surface area contributed by atoms with E-state index in [-0.39, 0.29) is 17.5 Å². The summed E-state index contributed by atoms with van der Waals surface area (Å²) in [6.45, 7) is 24.2. The number of benzene rings is 2. The molecule has 0 aliphatic carbocycles. The number of halogens is 6. The molecule has 1 heterocycles. The van der Waals surface area contributed by atoms with Gasteiger partial charge in [0, 0.05) is 6.42 Å². The molecule has 1 atom stereocenters. The van der Waals surface area contributed by atoms with Crippen molar-refractivity contribution in [3.05, 3.63) is 95.1 Å². The van der Waals surface area contributed by atoms with Crippen molar-refractivity contribution in [2.24, 2.45) is 4.99 Å². The Hall–Kier alpha value is -3.07. The van der Waals surface area contributed by atoms with Gasteiger partial charge in [0.05, 0.1) is 11.1 Å². The highest BCUT2D eigenvalue weighted by Gasteiger charge is 2.38. The van der Waals surface area contributed by atoms with Crippen LogP contribution < -0.4 is 5.48 Å². The third-order valence-electron chi connectivity index (χ3n) is 6.32. The molecule has 1 N–H and O–H groups in total. The van der Waals surface area contributed by atoms with Crippen molar-refractivity contribution in [3.8, 4) is 0 Å². The first kappa shape index (κ1) is 40.9. The highest BCUT2D eigenvalue weighted by atomic mass is 19.4. The average molecular weight is 629 g/mol. The summed E-state index contributed by atoms with van der Waals surface area (Å²) in [5, 5.41) is 0. The molecule has 0 spiro atoms. The van der Waals surface area contributed by atoms with Gasteiger partial charge in [0.15, 0.2) is 6.17 Å². The maximum absolute atomic E-state index is 12.8. The Balaban J connectivity index is 0.000000768. The van der Waals surface area contributed by atoms with E-state index in [9.17, 15) is 26.3 Å². The van der Waals surface area contributed by atoms with Crippen LogP contribution in [0.1, 0.15) is 132 Å². The molecule has 0 bridgehead atoms. The van der Waals surface area contributed by atoms with Crippen molar-refractivity contribution >= 4 is 5.90 Å². The lowest BCUT2D eigenvalue weighted by molar-refractivity contribution is -0.143. The van der Waals surface area contributed by atoms with Crippen LogP contribution in [0.4, 0.5) is 26.3 Å². The molecule has 0 amide bonds. The molecule has 0 saturated heterocycles. The van der Waals surface area contributed by atoms with Gasteiger partial charge < -0.3 is 4.84 Å². The zero-order valence-electron chi connectivity index (χ0n) is 27.4.